The van der Waals surface area contributed by atoms with E-state index < -0.39 is 19.9 Å². The Morgan fingerprint density at radius 2 is 1.72 bits per heavy atom. The molecule has 0 saturated heterocycles. The minimum absolute atomic E-state index is 0.00570. The van der Waals surface area contributed by atoms with E-state index in [9.17, 15) is 16.8 Å². The van der Waals surface area contributed by atoms with Gasteiger partial charge >= 0.3 is 0 Å². The molecule has 4 aromatic rings. The van der Waals surface area contributed by atoms with E-state index in [0.717, 1.165) is 0 Å². The molecular weight excluding hydrogens is 412 g/mol. The van der Waals surface area contributed by atoms with Gasteiger partial charge in [0.1, 0.15) is 5.58 Å². The number of aromatic nitrogens is 1. The highest BCUT2D eigenvalue weighted by molar-refractivity contribution is 7.92. The van der Waals surface area contributed by atoms with Crippen LogP contribution in [0.1, 0.15) is 5.56 Å². The summed E-state index contributed by atoms with van der Waals surface area (Å²) in [6.45, 7) is 0. The molecule has 0 amide bonds. The predicted molar refractivity (Wildman–Crippen MR) is 109 cm³/mol. The van der Waals surface area contributed by atoms with Crippen molar-refractivity contribution in [3.05, 3.63) is 84.7 Å². The van der Waals surface area contributed by atoms with Gasteiger partial charge in [-0.25, -0.2) is 8.42 Å². The number of benzene rings is 2. The Morgan fingerprint density at radius 1 is 0.897 bits per heavy atom. The third-order valence-electron chi connectivity index (χ3n) is 4.19. The lowest BCUT2D eigenvalue weighted by Gasteiger charge is -2.09. The lowest BCUT2D eigenvalue weighted by molar-refractivity contribution is 0.484. The first-order chi connectivity index (χ1) is 13.8. The van der Waals surface area contributed by atoms with E-state index in [1.54, 1.807) is 42.6 Å². The first-order valence-electron chi connectivity index (χ1n) is 8.57. The van der Waals surface area contributed by atoms with Crippen LogP contribution in [0.4, 0.5) is 5.69 Å². The predicted octanol–water partition coefficient (Wildman–Crippen LogP) is 3.60. The summed E-state index contributed by atoms with van der Waals surface area (Å²) in [5.74, 6) is -0.235. The molecule has 29 heavy (non-hydrogen) atoms. The molecule has 0 aliphatic rings. The van der Waals surface area contributed by atoms with Gasteiger partial charge in [-0.3, -0.25) is 9.71 Å². The van der Waals surface area contributed by atoms with Crippen molar-refractivity contribution in [2.75, 3.05) is 4.72 Å². The maximum absolute atomic E-state index is 12.7. The van der Waals surface area contributed by atoms with Gasteiger partial charge in [0.15, 0.2) is 9.84 Å². The monoisotopic (exact) mass is 428 g/mol. The molecule has 0 aliphatic carbocycles. The maximum atomic E-state index is 12.7. The zero-order valence-corrected chi connectivity index (χ0v) is 16.7. The second-order valence-electron chi connectivity index (χ2n) is 6.36. The Kier molecular flexibility index (Phi) is 4.85. The van der Waals surface area contributed by atoms with Gasteiger partial charge in [-0.15, -0.1) is 0 Å². The second kappa shape index (κ2) is 7.34. The van der Waals surface area contributed by atoms with E-state index in [2.05, 4.69) is 9.71 Å². The van der Waals surface area contributed by atoms with E-state index >= 15 is 0 Å². The molecule has 7 nitrogen and oxygen atoms in total. The number of anilines is 1. The first-order valence-corrected chi connectivity index (χ1v) is 11.7. The molecule has 0 fully saturated rings. The highest BCUT2D eigenvalue weighted by Gasteiger charge is 2.21. The summed E-state index contributed by atoms with van der Waals surface area (Å²) in [5.41, 5.74) is 1.11. The molecule has 9 heteroatoms. The summed E-state index contributed by atoms with van der Waals surface area (Å²) in [4.78, 5) is 3.92. The lowest BCUT2D eigenvalue weighted by Crippen LogP contribution is -2.13. The van der Waals surface area contributed by atoms with Crippen molar-refractivity contribution in [1.82, 2.24) is 4.98 Å². The van der Waals surface area contributed by atoms with Crippen LogP contribution < -0.4 is 4.72 Å². The summed E-state index contributed by atoms with van der Waals surface area (Å²) in [7, 11) is -7.69. The van der Waals surface area contributed by atoms with E-state index in [1.165, 1.54) is 36.5 Å². The Bertz CT molecular complexity index is 1350. The van der Waals surface area contributed by atoms with Crippen LogP contribution in [-0.2, 0) is 25.6 Å². The molecule has 0 unspecified atom stereocenters. The highest BCUT2D eigenvalue weighted by Crippen LogP contribution is 2.26. The number of nitrogens with zero attached hydrogens (tertiary/aromatic N) is 1. The number of nitrogens with one attached hydrogen (secondary N) is 1. The molecule has 1 N–H and O–H groups in total. The standard InChI is InChI=1S/C20H16N2O5S2/c23-28(24,14-15-5-4-10-21-13-15)18-8-3-7-17(12-18)22-29(25,26)20-11-16-6-1-2-9-19(16)27-20/h1-13,22H,14H2. The van der Waals surface area contributed by atoms with Gasteiger partial charge < -0.3 is 4.42 Å². The molecule has 0 aliphatic heterocycles. The van der Waals surface area contributed by atoms with Crippen LogP contribution >= 0.6 is 0 Å². The van der Waals surface area contributed by atoms with Crippen molar-refractivity contribution in [3.63, 3.8) is 0 Å². The number of sulfone groups is 1. The van der Waals surface area contributed by atoms with Crippen LogP contribution in [0.15, 0.2) is 93.5 Å². The molecule has 0 atom stereocenters. The van der Waals surface area contributed by atoms with Crippen molar-refractivity contribution in [2.45, 2.75) is 15.7 Å². The Morgan fingerprint density at radius 3 is 2.48 bits per heavy atom. The molecule has 2 heterocycles. The fraction of sp³-hybridized carbons (Fsp3) is 0.0500. The van der Waals surface area contributed by atoms with Crippen LogP contribution in [0.25, 0.3) is 11.0 Å². The molecule has 0 bridgehead atoms. The molecule has 4 rings (SSSR count). The van der Waals surface area contributed by atoms with Crippen LogP contribution in [0.3, 0.4) is 0 Å². The normalized spacial score (nSPS) is 12.1. The Hall–Kier alpha value is -3.17. The van der Waals surface area contributed by atoms with Crippen molar-refractivity contribution < 1.29 is 21.3 Å². The second-order valence-corrected chi connectivity index (χ2v) is 9.96. The Balaban J connectivity index is 1.61. The summed E-state index contributed by atoms with van der Waals surface area (Å²) >= 11 is 0. The zero-order chi connectivity index (χ0) is 20.5. The third kappa shape index (κ3) is 4.15. The molecule has 0 spiro atoms. The van der Waals surface area contributed by atoms with Crippen LogP contribution in [0.5, 0.6) is 0 Å². The SMILES string of the molecule is O=S(=O)(Cc1cccnc1)c1cccc(NS(=O)(=O)c2cc3ccccc3o2)c1. The van der Waals surface area contributed by atoms with Crippen molar-refractivity contribution in [3.8, 4) is 0 Å². The van der Waals surface area contributed by atoms with Gasteiger partial charge in [-0.05, 0) is 35.9 Å². The number of sulfonamides is 1. The van der Waals surface area contributed by atoms with E-state index in [-0.39, 0.29) is 21.4 Å². The smallest absolute Gasteiger partial charge is 0.295 e. The van der Waals surface area contributed by atoms with Gasteiger partial charge in [0.25, 0.3) is 10.0 Å². The fourth-order valence-electron chi connectivity index (χ4n) is 2.83. The average molecular weight is 428 g/mol. The first kappa shape index (κ1) is 19.2. The number of hydrogen-bond acceptors (Lipinski definition) is 6. The third-order valence-corrected chi connectivity index (χ3v) is 7.11. The molecular formula is C20H16N2O5S2. The van der Waals surface area contributed by atoms with Crippen molar-refractivity contribution >= 4 is 36.5 Å². The van der Waals surface area contributed by atoms with E-state index in [1.807, 2.05) is 0 Å². The van der Waals surface area contributed by atoms with Crippen LogP contribution in [0.2, 0.25) is 0 Å². The largest absolute Gasteiger partial charge is 0.443 e. The van der Waals surface area contributed by atoms with Crippen molar-refractivity contribution in [1.29, 1.82) is 0 Å². The molecule has 0 radical (unpaired) electrons. The molecule has 148 valence electrons. The van der Waals surface area contributed by atoms with Crippen LogP contribution in [-0.4, -0.2) is 21.8 Å². The van der Waals surface area contributed by atoms with Gasteiger partial charge in [0.05, 0.1) is 16.3 Å². The maximum Gasteiger partial charge on any atom is 0.295 e. The average Bonchev–Trinajstić information content (AvgIpc) is 3.14. The van der Waals surface area contributed by atoms with Crippen LogP contribution in [0, 0.1) is 0 Å². The lowest BCUT2D eigenvalue weighted by atomic mass is 10.3. The highest BCUT2D eigenvalue weighted by atomic mass is 32.2. The number of para-hydroxylation sites is 1. The van der Waals surface area contributed by atoms with Gasteiger partial charge in [-0.1, -0.05) is 30.3 Å². The number of fused-ring (bicyclic) bond motifs is 1. The molecule has 0 saturated carbocycles. The topological polar surface area (TPSA) is 106 Å². The number of pyridine rings is 1. The molecule has 2 aromatic carbocycles. The summed E-state index contributed by atoms with van der Waals surface area (Å²) in [6, 6.07) is 17.3. The van der Waals surface area contributed by atoms with E-state index in [0.29, 0.717) is 16.5 Å². The molecule has 2 aromatic heterocycles. The van der Waals surface area contributed by atoms with Gasteiger partial charge in [-0.2, -0.15) is 8.42 Å². The summed E-state index contributed by atoms with van der Waals surface area (Å²) in [5, 5.41) is 0.406. The fourth-order valence-corrected chi connectivity index (χ4v) is 5.22. The van der Waals surface area contributed by atoms with Gasteiger partial charge in [0.2, 0.25) is 5.09 Å². The summed E-state index contributed by atoms with van der Waals surface area (Å²) in [6.07, 6.45) is 3.04. The number of furan rings is 1. The minimum atomic E-state index is -4.02. The van der Waals surface area contributed by atoms with Gasteiger partial charge in [0, 0.05) is 23.8 Å². The number of hydrogen-bond donors (Lipinski definition) is 1. The minimum Gasteiger partial charge on any atom is -0.443 e. The number of rotatable bonds is 6. The quantitative estimate of drug-likeness (QED) is 0.503. The van der Waals surface area contributed by atoms with Crippen molar-refractivity contribution in [2.24, 2.45) is 0 Å². The Labute approximate surface area is 168 Å². The zero-order valence-electron chi connectivity index (χ0n) is 15.0. The van der Waals surface area contributed by atoms with E-state index in [4.69, 9.17) is 4.42 Å². The summed E-state index contributed by atoms with van der Waals surface area (Å²) < 4.78 is 58.5.